The van der Waals surface area contributed by atoms with Crippen molar-refractivity contribution in [2.24, 2.45) is 5.92 Å². The average molecular weight is 262 g/mol. The van der Waals surface area contributed by atoms with Crippen LogP contribution in [0.2, 0.25) is 0 Å². The van der Waals surface area contributed by atoms with Gasteiger partial charge in [-0.3, -0.25) is 0 Å². The standard InChI is InChI=1S/C18H30O/c1-15(11-13-17(3)19)7-6-8-16(2)12-14-18-9-4-5-10-18/h7,12,18H,4-6,8-11,13-14H2,1-3H3/b15-7+,16-12+. The first kappa shape index (κ1) is 16.2. The van der Waals surface area contributed by atoms with Crippen LogP contribution in [0.4, 0.5) is 0 Å². The summed E-state index contributed by atoms with van der Waals surface area (Å²) in [5.74, 6) is 1.25. The second-order valence-electron chi connectivity index (χ2n) is 6.23. The molecule has 0 aromatic carbocycles. The van der Waals surface area contributed by atoms with Gasteiger partial charge in [-0.2, -0.15) is 0 Å². The number of allylic oxidation sites excluding steroid dienone is 4. The second kappa shape index (κ2) is 9.12. The van der Waals surface area contributed by atoms with Gasteiger partial charge >= 0.3 is 0 Å². The quantitative estimate of drug-likeness (QED) is 0.520. The number of ketones is 1. The third-order valence-electron chi connectivity index (χ3n) is 4.18. The van der Waals surface area contributed by atoms with Gasteiger partial charge in [0.15, 0.2) is 0 Å². The molecule has 0 atom stereocenters. The minimum atomic E-state index is 0.292. The summed E-state index contributed by atoms with van der Waals surface area (Å²) in [6.45, 7) is 6.07. The van der Waals surface area contributed by atoms with Gasteiger partial charge in [0.25, 0.3) is 0 Å². The highest BCUT2D eigenvalue weighted by atomic mass is 16.1. The SMILES string of the molecule is CC(=O)CC/C(C)=C/CC/C(C)=C/CC1CCCC1. The summed E-state index contributed by atoms with van der Waals surface area (Å²) in [7, 11) is 0. The molecule has 0 radical (unpaired) electrons. The molecule has 19 heavy (non-hydrogen) atoms. The van der Waals surface area contributed by atoms with Crippen LogP contribution < -0.4 is 0 Å². The van der Waals surface area contributed by atoms with E-state index in [1.54, 1.807) is 6.92 Å². The Morgan fingerprint density at radius 1 is 0.947 bits per heavy atom. The smallest absolute Gasteiger partial charge is 0.130 e. The van der Waals surface area contributed by atoms with Crippen molar-refractivity contribution in [2.75, 3.05) is 0 Å². The monoisotopic (exact) mass is 262 g/mol. The van der Waals surface area contributed by atoms with Gasteiger partial charge in [-0.15, -0.1) is 0 Å². The molecule has 0 heterocycles. The zero-order valence-corrected chi connectivity index (χ0v) is 13.0. The summed E-state index contributed by atoms with van der Waals surface area (Å²) in [6, 6.07) is 0. The van der Waals surface area contributed by atoms with Crippen molar-refractivity contribution in [2.45, 2.75) is 78.6 Å². The molecule has 0 unspecified atom stereocenters. The lowest BCUT2D eigenvalue weighted by Crippen LogP contribution is -1.91. The Kier molecular flexibility index (Phi) is 7.78. The fraction of sp³-hybridized carbons (Fsp3) is 0.722. The number of hydrogen-bond donors (Lipinski definition) is 0. The molecule has 108 valence electrons. The first-order valence-corrected chi connectivity index (χ1v) is 7.88. The number of hydrogen-bond acceptors (Lipinski definition) is 1. The fourth-order valence-corrected chi connectivity index (χ4v) is 2.74. The molecule has 0 aliphatic heterocycles. The molecule has 0 spiro atoms. The predicted molar refractivity (Wildman–Crippen MR) is 83.2 cm³/mol. The van der Waals surface area contributed by atoms with Crippen LogP contribution in [0, 0.1) is 5.92 Å². The van der Waals surface area contributed by atoms with Gasteiger partial charge in [0.1, 0.15) is 5.78 Å². The van der Waals surface area contributed by atoms with E-state index in [0.29, 0.717) is 12.2 Å². The molecule has 0 saturated heterocycles. The van der Waals surface area contributed by atoms with Crippen LogP contribution in [0.25, 0.3) is 0 Å². The normalized spacial score (nSPS) is 18.1. The lowest BCUT2D eigenvalue weighted by molar-refractivity contribution is -0.116. The Labute approximate surface area is 119 Å². The minimum Gasteiger partial charge on any atom is -0.300 e. The summed E-state index contributed by atoms with van der Waals surface area (Å²) < 4.78 is 0. The maximum atomic E-state index is 10.9. The summed E-state index contributed by atoms with van der Waals surface area (Å²) in [4.78, 5) is 10.9. The molecule has 1 fully saturated rings. The summed E-state index contributed by atoms with van der Waals surface area (Å²) in [5.41, 5.74) is 2.89. The van der Waals surface area contributed by atoms with E-state index in [2.05, 4.69) is 26.0 Å². The Morgan fingerprint density at radius 2 is 1.58 bits per heavy atom. The van der Waals surface area contributed by atoms with Crippen molar-refractivity contribution in [3.63, 3.8) is 0 Å². The first-order valence-electron chi connectivity index (χ1n) is 7.88. The molecule has 1 rings (SSSR count). The molecule has 0 amide bonds. The van der Waals surface area contributed by atoms with Crippen LogP contribution in [-0.2, 0) is 4.79 Å². The van der Waals surface area contributed by atoms with Crippen molar-refractivity contribution in [1.29, 1.82) is 0 Å². The van der Waals surface area contributed by atoms with E-state index < -0.39 is 0 Å². The Hall–Kier alpha value is -0.850. The topological polar surface area (TPSA) is 17.1 Å². The van der Waals surface area contributed by atoms with Gasteiger partial charge in [-0.25, -0.2) is 0 Å². The molecule has 0 aromatic heterocycles. The molecule has 1 heteroatoms. The number of carbonyl (C=O) groups is 1. The molecule has 0 bridgehead atoms. The van der Waals surface area contributed by atoms with Gasteiger partial charge in [-0.1, -0.05) is 49.0 Å². The van der Waals surface area contributed by atoms with Gasteiger partial charge in [0.05, 0.1) is 0 Å². The third kappa shape index (κ3) is 8.02. The van der Waals surface area contributed by atoms with E-state index in [1.165, 1.54) is 49.7 Å². The lowest BCUT2D eigenvalue weighted by Gasteiger charge is -2.06. The average Bonchev–Trinajstić information content (AvgIpc) is 2.87. The maximum absolute atomic E-state index is 10.9. The van der Waals surface area contributed by atoms with Gasteiger partial charge in [0, 0.05) is 6.42 Å². The van der Waals surface area contributed by atoms with Crippen LogP contribution in [-0.4, -0.2) is 5.78 Å². The molecule has 0 aromatic rings. The van der Waals surface area contributed by atoms with Crippen molar-refractivity contribution in [1.82, 2.24) is 0 Å². The molecule has 1 saturated carbocycles. The zero-order valence-electron chi connectivity index (χ0n) is 13.0. The van der Waals surface area contributed by atoms with E-state index in [-0.39, 0.29) is 0 Å². The van der Waals surface area contributed by atoms with Crippen LogP contribution in [0.1, 0.15) is 78.6 Å². The molecule has 1 nitrogen and oxygen atoms in total. The highest BCUT2D eigenvalue weighted by Crippen LogP contribution is 2.28. The predicted octanol–water partition coefficient (Wildman–Crippen LogP) is 5.61. The summed E-state index contributed by atoms with van der Waals surface area (Å²) >= 11 is 0. The van der Waals surface area contributed by atoms with Gasteiger partial charge in [0.2, 0.25) is 0 Å². The first-order chi connectivity index (χ1) is 9.08. The Balaban J connectivity index is 2.17. The van der Waals surface area contributed by atoms with Crippen molar-refractivity contribution >= 4 is 5.78 Å². The zero-order chi connectivity index (χ0) is 14.1. The summed E-state index contributed by atoms with van der Waals surface area (Å²) in [6.07, 6.45) is 15.7. The van der Waals surface area contributed by atoms with Crippen LogP contribution in [0.3, 0.4) is 0 Å². The summed E-state index contributed by atoms with van der Waals surface area (Å²) in [5, 5.41) is 0. The molecule has 1 aliphatic carbocycles. The maximum Gasteiger partial charge on any atom is 0.130 e. The Bertz CT molecular complexity index is 330. The molecule has 0 N–H and O–H groups in total. The second-order valence-corrected chi connectivity index (χ2v) is 6.23. The number of carbonyl (C=O) groups excluding carboxylic acids is 1. The van der Waals surface area contributed by atoms with E-state index in [4.69, 9.17) is 0 Å². The van der Waals surface area contributed by atoms with Crippen LogP contribution >= 0.6 is 0 Å². The van der Waals surface area contributed by atoms with E-state index >= 15 is 0 Å². The molecular weight excluding hydrogens is 232 g/mol. The number of Topliss-reactive ketones (excluding diaryl/α,β-unsaturated/α-hetero) is 1. The van der Waals surface area contributed by atoms with Gasteiger partial charge in [-0.05, 0) is 52.4 Å². The number of rotatable bonds is 8. The highest BCUT2D eigenvalue weighted by molar-refractivity contribution is 5.75. The lowest BCUT2D eigenvalue weighted by atomic mass is 10.0. The third-order valence-corrected chi connectivity index (χ3v) is 4.18. The molecule has 1 aliphatic rings. The van der Waals surface area contributed by atoms with E-state index in [1.807, 2.05) is 0 Å². The largest absolute Gasteiger partial charge is 0.300 e. The van der Waals surface area contributed by atoms with Crippen LogP contribution in [0.5, 0.6) is 0 Å². The Morgan fingerprint density at radius 3 is 2.21 bits per heavy atom. The van der Waals surface area contributed by atoms with Gasteiger partial charge < -0.3 is 4.79 Å². The van der Waals surface area contributed by atoms with Crippen LogP contribution in [0.15, 0.2) is 23.3 Å². The van der Waals surface area contributed by atoms with E-state index in [0.717, 1.165) is 18.8 Å². The van der Waals surface area contributed by atoms with Crippen molar-refractivity contribution in [3.8, 4) is 0 Å². The minimum absolute atomic E-state index is 0.292. The van der Waals surface area contributed by atoms with Crippen molar-refractivity contribution < 1.29 is 4.79 Å². The highest BCUT2D eigenvalue weighted by Gasteiger charge is 2.12. The van der Waals surface area contributed by atoms with E-state index in [9.17, 15) is 4.79 Å². The fourth-order valence-electron chi connectivity index (χ4n) is 2.74. The molecular formula is C18H30O. The van der Waals surface area contributed by atoms with Crippen molar-refractivity contribution in [3.05, 3.63) is 23.3 Å².